The Morgan fingerprint density at radius 2 is 0.972 bits per heavy atom. The molecule has 0 spiro atoms. The van der Waals surface area contributed by atoms with E-state index in [4.69, 9.17) is 27.2 Å². The normalized spacial score (nSPS) is 11.3. The van der Waals surface area contributed by atoms with Crippen molar-refractivity contribution < 1.29 is 36.8 Å². The fourth-order valence-corrected chi connectivity index (χ4v) is 7.79. The summed E-state index contributed by atoms with van der Waals surface area (Å²) in [6.07, 6.45) is 8.26. The summed E-state index contributed by atoms with van der Waals surface area (Å²) in [5.41, 5.74) is 0. The second-order valence-corrected chi connectivity index (χ2v) is 15.2. The van der Waals surface area contributed by atoms with Crippen LogP contribution in [0.1, 0.15) is 66.2 Å². The van der Waals surface area contributed by atoms with Crippen molar-refractivity contribution in [3.8, 4) is 0 Å². The fraction of sp³-hybridized carbons (Fsp3) is 0.769. The topological polar surface area (TPSA) is 89.5 Å². The van der Waals surface area contributed by atoms with Crippen LogP contribution in [0.15, 0.2) is 25.3 Å². The molecule has 0 unspecified atom stereocenters. The number of hydrogen-bond donors (Lipinski definition) is 0. The van der Waals surface area contributed by atoms with Crippen LogP contribution >= 0.6 is 0 Å². The summed E-state index contributed by atoms with van der Waals surface area (Å²) >= 11 is 0. The summed E-state index contributed by atoms with van der Waals surface area (Å²) in [5, 5.41) is 0. The van der Waals surface area contributed by atoms with E-state index in [1.165, 1.54) is 12.2 Å². The van der Waals surface area contributed by atoms with E-state index in [1.807, 2.05) is 20.4 Å². The first-order valence-electron chi connectivity index (χ1n) is 13.3. The summed E-state index contributed by atoms with van der Waals surface area (Å²) in [4.78, 5) is 21.8. The number of ether oxygens (including phenoxy) is 2. The van der Waals surface area contributed by atoms with E-state index in [0.29, 0.717) is 26.4 Å². The molecule has 0 bridgehead atoms. The zero-order chi connectivity index (χ0) is 27.7. The molecule has 212 valence electrons. The molecule has 0 aliphatic heterocycles. The van der Waals surface area contributed by atoms with Crippen LogP contribution in [-0.4, -0.2) is 68.7 Å². The summed E-state index contributed by atoms with van der Waals surface area (Å²) < 4.78 is 33.2. The Kier molecular flexibility index (Phi) is 24.6. The molecule has 0 heterocycles. The van der Waals surface area contributed by atoms with Crippen LogP contribution in [0.5, 0.6) is 0 Å². The van der Waals surface area contributed by atoms with E-state index in [0.717, 1.165) is 63.8 Å². The van der Waals surface area contributed by atoms with E-state index < -0.39 is 17.1 Å². The molecule has 36 heavy (non-hydrogen) atoms. The van der Waals surface area contributed by atoms with Crippen LogP contribution in [0.2, 0.25) is 25.2 Å². The van der Waals surface area contributed by atoms with E-state index >= 15 is 0 Å². The van der Waals surface area contributed by atoms with Gasteiger partial charge in [0, 0.05) is 38.6 Å². The summed E-state index contributed by atoms with van der Waals surface area (Å²) in [6.45, 7) is 22.7. The van der Waals surface area contributed by atoms with Gasteiger partial charge in [0.1, 0.15) is 0 Å². The fourth-order valence-electron chi connectivity index (χ4n) is 3.10. The van der Waals surface area contributed by atoms with Gasteiger partial charge in [-0.1, -0.05) is 39.8 Å². The lowest BCUT2D eigenvalue weighted by Gasteiger charge is -2.27. The highest BCUT2D eigenvalue weighted by atomic mass is 28.4. The lowest BCUT2D eigenvalue weighted by Crippen LogP contribution is -2.39. The van der Waals surface area contributed by atoms with E-state index in [-0.39, 0.29) is 11.9 Å². The van der Waals surface area contributed by atoms with Gasteiger partial charge in [-0.25, -0.2) is 9.59 Å². The van der Waals surface area contributed by atoms with Gasteiger partial charge in [0.05, 0.1) is 13.2 Å². The first-order chi connectivity index (χ1) is 17.2. The Morgan fingerprint density at radius 1 is 0.611 bits per heavy atom. The Bertz CT molecular complexity index is 570. The molecule has 0 aromatic carbocycles. The lowest BCUT2D eigenvalue weighted by molar-refractivity contribution is -0.138. The number of carbonyl (C=O) groups excluding carboxylic acids is 2. The molecule has 0 aliphatic carbocycles. The van der Waals surface area contributed by atoms with Crippen LogP contribution in [0.25, 0.3) is 0 Å². The third kappa shape index (κ3) is 21.9. The SMILES string of the molecule is C=CC(=O)OCCC[Si](C)(OCC)OCC.C=CC(=O)OCCC[Si](C)(OCCCC)OCCCC. The van der Waals surface area contributed by atoms with Gasteiger partial charge in [0.25, 0.3) is 0 Å². The van der Waals surface area contributed by atoms with Crippen molar-refractivity contribution in [2.24, 2.45) is 0 Å². The van der Waals surface area contributed by atoms with Crippen molar-refractivity contribution in [3.63, 3.8) is 0 Å². The molecule has 8 nitrogen and oxygen atoms in total. The molecule has 0 N–H and O–H groups in total. The molecule has 0 radical (unpaired) electrons. The monoisotopic (exact) mass is 548 g/mol. The molecule has 0 saturated heterocycles. The first kappa shape index (κ1) is 36.8. The summed E-state index contributed by atoms with van der Waals surface area (Å²) in [5.74, 6) is -0.747. The molecule has 0 aliphatic rings. The number of hydrogen-bond acceptors (Lipinski definition) is 8. The van der Waals surface area contributed by atoms with E-state index in [9.17, 15) is 9.59 Å². The molecule has 0 atom stereocenters. The highest BCUT2D eigenvalue weighted by Crippen LogP contribution is 2.18. The predicted octanol–water partition coefficient (Wildman–Crippen LogP) is 6.06. The van der Waals surface area contributed by atoms with Gasteiger partial charge >= 0.3 is 29.1 Å². The number of rotatable bonds is 22. The molecular formula is C26H52O8Si2. The zero-order valence-electron chi connectivity index (χ0n) is 23.7. The minimum Gasteiger partial charge on any atom is -0.463 e. The minimum atomic E-state index is -2.12. The third-order valence-corrected chi connectivity index (χ3v) is 11.0. The van der Waals surface area contributed by atoms with E-state index in [1.54, 1.807) is 0 Å². The highest BCUT2D eigenvalue weighted by molar-refractivity contribution is 6.66. The Balaban J connectivity index is 0. The standard InChI is InChI=1S/C15H30O4Si.C11H22O4Si/c1-5-8-12-18-20(4,19-13-9-6-2)14-10-11-17-15(16)7-3;1-5-11(12)13-9-8-10-16(4,14-6-2)15-7-3/h7H,3,5-6,8-14H2,1-2,4H3;5H,1,6-10H2,2-4H3. The average Bonchev–Trinajstić information content (AvgIpc) is 2.85. The van der Waals surface area contributed by atoms with Crippen LogP contribution in [-0.2, 0) is 36.8 Å². The van der Waals surface area contributed by atoms with E-state index in [2.05, 4.69) is 33.6 Å². The Hall–Kier alpha value is -1.31. The first-order valence-corrected chi connectivity index (χ1v) is 18.3. The number of esters is 2. The predicted molar refractivity (Wildman–Crippen MR) is 149 cm³/mol. The largest absolute Gasteiger partial charge is 0.463 e. The molecule has 0 rings (SSSR count). The van der Waals surface area contributed by atoms with Crippen molar-refractivity contribution in [1.82, 2.24) is 0 Å². The summed E-state index contributed by atoms with van der Waals surface area (Å²) in [6, 6.07) is 1.68. The molecule has 0 aromatic heterocycles. The number of carbonyl (C=O) groups is 2. The molecular weight excluding hydrogens is 496 g/mol. The van der Waals surface area contributed by atoms with Gasteiger partial charge in [-0.2, -0.15) is 0 Å². The molecule has 0 saturated carbocycles. The van der Waals surface area contributed by atoms with Crippen molar-refractivity contribution in [1.29, 1.82) is 0 Å². The molecule has 10 heteroatoms. The number of unbranched alkanes of at least 4 members (excludes halogenated alkanes) is 2. The quantitative estimate of drug-likeness (QED) is 0.0698. The lowest BCUT2D eigenvalue weighted by atomic mass is 10.4. The molecule has 0 aromatic rings. The second-order valence-electron chi connectivity index (χ2n) is 8.49. The van der Waals surface area contributed by atoms with Gasteiger partial charge in [-0.15, -0.1) is 0 Å². The smallest absolute Gasteiger partial charge is 0.335 e. The summed E-state index contributed by atoms with van der Waals surface area (Å²) in [7, 11) is -4.17. The average molecular weight is 549 g/mol. The van der Waals surface area contributed by atoms with Crippen molar-refractivity contribution >= 4 is 29.1 Å². The second kappa shape index (κ2) is 24.1. The maximum Gasteiger partial charge on any atom is 0.335 e. The highest BCUT2D eigenvalue weighted by Gasteiger charge is 2.31. The third-order valence-electron chi connectivity index (χ3n) is 5.08. The molecule has 0 fully saturated rings. The van der Waals surface area contributed by atoms with Gasteiger partial charge < -0.3 is 27.2 Å². The maximum atomic E-state index is 11.0. The minimum absolute atomic E-state index is 0.368. The van der Waals surface area contributed by atoms with Gasteiger partial charge in [-0.3, -0.25) is 0 Å². The van der Waals surface area contributed by atoms with Crippen molar-refractivity contribution in [2.75, 3.05) is 39.6 Å². The Morgan fingerprint density at radius 3 is 1.28 bits per heavy atom. The zero-order valence-corrected chi connectivity index (χ0v) is 25.7. The van der Waals surface area contributed by atoms with Crippen molar-refractivity contribution in [2.45, 2.75) is 91.4 Å². The van der Waals surface area contributed by atoms with Crippen LogP contribution < -0.4 is 0 Å². The van der Waals surface area contributed by atoms with Crippen LogP contribution in [0.4, 0.5) is 0 Å². The maximum absolute atomic E-state index is 11.0. The van der Waals surface area contributed by atoms with Gasteiger partial charge in [-0.05, 0) is 64.7 Å². The van der Waals surface area contributed by atoms with Gasteiger partial charge in [0.15, 0.2) is 0 Å². The van der Waals surface area contributed by atoms with Crippen molar-refractivity contribution in [3.05, 3.63) is 25.3 Å². The van der Waals surface area contributed by atoms with Crippen LogP contribution in [0.3, 0.4) is 0 Å². The van der Waals surface area contributed by atoms with Crippen LogP contribution in [0, 0.1) is 0 Å². The van der Waals surface area contributed by atoms with Gasteiger partial charge in [0.2, 0.25) is 0 Å². The molecule has 0 amide bonds. The Labute approximate surface area is 222 Å².